The first kappa shape index (κ1) is 18.0. The van der Waals surface area contributed by atoms with Gasteiger partial charge in [0.25, 0.3) is 5.69 Å². The van der Waals surface area contributed by atoms with Crippen molar-refractivity contribution in [2.24, 2.45) is 0 Å². The number of nitro benzene ring substituents is 1. The minimum absolute atomic E-state index is 0.00734. The van der Waals surface area contributed by atoms with Gasteiger partial charge in [-0.2, -0.15) is 0 Å². The van der Waals surface area contributed by atoms with Crippen molar-refractivity contribution < 1.29 is 14.5 Å². The summed E-state index contributed by atoms with van der Waals surface area (Å²) in [6.45, 7) is 3.04. The minimum Gasteiger partial charge on any atom is -0.378 e. The molecular weight excluding hydrogens is 340 g/mol. The number of benzene rings is 1. The number of hydrogen-bond acceptors (Lipinski definition) is 7. The molecule has 1 fully saturated rings. The van der Waals surface area contributed by atoms with Gasteiger partial charge < -0.3 is 9.64 Å². The van der Waals surface area contributed by atoms with Crippen LogP contribution < -0.4 is 0 Å². The number of nitrogens with zero attached hydrogens (tertiary/aromatic N) is 6. The molecule has 3 rings (SSSR count). The second-order valence-electron chi connectivity index (χ2n) is 6.06. The van der Waals surface area contributed by atoms with Crippen molar-refractivity contribution in [1.82, 2.24) is 24.6 Å². The molecule has 10 nitrogen and oxygen atoms in total. The van der Waals surface area contributed by atoms with E-state index in [1.165, 1.54) is 12.1 Å². The van der Waals surface area contributed by atoms with E-state index in [9.17, 15) is 14.9 Å². The van der Waals surface area contributed by atoms with Gasteiger partial charge in [-0.1, -0.05) is 12.1 Å². The Bertz CT molecular complexity index is 787. The molecule has 1 aromatic heterocycles. The fraction of sp³-hybridized carbons (Fsp3) is 0.438. The molecule has 0 atom stereocenters. The molecule has 26 heavy (non-hydrogen) atoms. The molecule has 0 radical (unpaired) electrons. The van der Waals surface area contributed by atoms with Gasteiger partial charge in [-0.3, -0.25) is 19.8 Å². The fourth-order valence-electron chi connectivity index (χ4n) is 2.69. The van der Waals surface area contributed by atoms with Crippen LogP contribution in [0.3, 0.4) is 0 Å². The third-order valence-electron chi connectivity index (χ3n) is 4.01. The zero-order valence-electron chi connectivity index (χ0n) is 14.4. The summed E-state index contributed by atoms with van der Waals surface area (Å²) in [5.41, 5.74) is 0.567. The highest BCUT2D eigenvalue weighted by molar-refractivity contribution is 5.78. The quantitative estimate of drug-likeness (QED) is 0.548. The van der Waals surface area contributed by atoms with E-state index >= 15 is 0 Å². The molecule has 0 spiro atoms. The largest absolute Gasteiger partial charge is 0.378 e. The molecule has 0 aliphatic carbocycles. The van der Waals surface area contributed by atoms with E-state index in [4.69, 9.17) is 4.74 Å². The third-order valence-corrected chi connectivity index (χ3v) is 4.01. The van der Waals surface area contributed by atoms with E-state index < -0.39 is 4.92 Å². The fourth-order valence-corrected chi connectivity index (χ4v) is 2.69. The van der Waals surface area contributed by atoms with Crippen LogP contribution in [0.15, 0.2) is 30.6 Å². The van der Waals surface area contributed by atoms with E-state index in [1.54, 1.807) is 28.0 Å². The predicted octanol–water partition coefficient (Wildman–Crippen LogP) is 0.601. The Hall–Kier alpha value is -2.85. The van der Waals surface area contributed by atoms with Crippen LogP contribution in [0.4, 0.5) is 5.69 Å². The lowest BCUT2D eigenvalue weighted by atomic mass is 10.2. The molecule has 1 aliphatic heterocycles. The average molecular weight is 360 g/mol. The summed E-state index contributed by atoms with van der Waals surface area (Å²) in [6, 6.07) is 6.18. The maximum Gasteiger partial charge on any atom is 0.270 e. The van der Waals surface area contributed by atoms with Crippen LogP contribution in [-0.4, -0.2) is 75.3 Å². The maximum absolute atomic E-state index is 12.2. The van der Waals surface area contributed by atoms with Crippen LogP contribution in [0, 0.1) is 10.1 Å². The van der Waals surface area contributed by atoms with Gasteiger partial charge in [-0.15, -0.1) is 5.10 Å². The lowest BCUT2D eigenvalue weighted by Gasteiger charge is -2.28. The molecule has 0 bridgehead atoms. The van der Waals surface area contributed by atoms with Gasteiger partial charge in [0, 0.05) is 30.8 Å². The summed E-state index contributed by atoms with van der Waals surface area (Å²) in [5, 5.41) is 15.2. The number of hydrogen-bond donors (Lipinski definition) is 0. The van der Waals surface area contributed by atoms with Crippen molar-refractivity contribution in [3.8, 4) is 11.4 Å². The average Bonchev–Trinajstić information content (AvgIpc) is 3.10. The molecular formula is C16H20N6O4. The molecule has 1 aliphatic rings. The van der Waals surface area contributed by atoms with Gasteiger partial charge in [0.2, 0.25) is 5.91 Å². The lowest BCUT2D eigenvalue weighted by molar-refractivity contribution is -0.384. The van der Waals surface area contributed by atoms with E-state index in [2.05, 4.69) is 10.1 Å². The molecule has 0 N–H and O–H groups in total. The zero-order chi connectivity index (χ0) is 18.5. The number of carbonyl (C=O) groups excluding carboxylic acids is 1. The second kappa shape index (κ2) is 8.02. The molecule has 138 valence electrons. The summed E-state index contributed by atoms with van der Waals surface area (Å²) in [4.78, 5) is 30.5. The van der Waals surface area contributed by atoms with Gasteiger partial charge in [-0.25, -0.2) is 9.67 Å². The third kappa shape index (κ3) is 4.41. The number of rotatable bonds is 6. The SMILES string of the molecule is CN(CC(=O)N1CCOCC1)Cn1cnc(-c2cccc([N+](=O)[O-])c2)n1. The monoisotopic (exact) mass is 360 g/mol. The number of amides is 1. The Morgan fingerprint density at radius 2 is 2.15 bits per heavy atom. The first-order valence-corrected chi connectivity index (χ1v) is 8.21. The van der Waals surface area contributed by atoms with E-state index in [1.807, 2.05) is 11.9 Å². The number of ether oxygens (including phenoxy) is 1. The molecule has 2 heterocycles. The molecule has 1 aromatic carbocycles. The van der Waals surface area contributed by atoms with Crippen molar-refractivity contribution in [2.75, 3.05) is 39.9 Å². The second-order valence-corrected chi connectivity index (χ2v) is 6.06. The van der Waals surface area contributed by atoms with E-state index in [0.717, 1.165) is 0 Å². The maximum atomic E-state index is 12.2. The number of carbonyl (C=O) groups is 1. The van der Waals surface area contributed by atoms with Gasteiger partial charge in [-0.05, 0) is 7.05 Å². The van der Waals surface area contributed by atoms with Gasteiger partial charge in [0.1, 0.15) is 6.33 Å². The first-order chi connectivity index (χ1) is 12.5. The van der Waals surface area contributed by atoms with Gasteiger partial charge >= 0.3 is 0 Å². The number of non-ortho nitro benzene ring substituents is 1. The predicted molar refractivity (Wildman–Crippen MR) is 92.1 cm³/mol. The van der Waals surface area contributed by atoms with Crippen molar-refractivity contribution in [1.29, 1.82) is 0 Å². The van der Waals surface area contributed by atoms with Crippen LogP contribution >= 0.6 is 0 Å². The Balaban J connectivity index is 1.60. The topological polar surface area (TPSA) is 107 Å². The summed E-state index contributed by atoms with van der Waals surface area (Å²) >= 11 is 0. The molecule has 2 aromatic rings. The van der Waals surface area contributed by atoms with E-state index in [-0.39, 0.29) is 18.1 Å². The summed E-state index contributed by atoms with van der Waals surface area (Å²) in [6.07, 6.45) is 1.55. The van der Waals surface area contributed by atoms with Crippen LogP contribution in [0.1, 0.15) is 0 Å². The zero-order valence-corrected chi connectivity index (χ0v) is 14.4. The molecule has 1 amide bonds. The molecule has 0 unspecified atom stereocenters. The van der Waals surface area contributed by atoms with Crippen LogP contribution in [0.2, 0.25) is 0 Å². The normalized spacial score (nSPS) is 14.6. The van der Waals surface area contributed by atoms with Gasteiger partial charge in [0.15, 0.2) is 5.82 Å². The number of aromatic nitrogens is 3. The van der Waals surface area contributed by atoms with Crippen molar-refractivity contribution in [2.45, 2.75) is 6.67 Å². The number of likely N-dealkylation sites (N-methyl/N-ethyl adjacent to an activating group) is 1. The van der Waals surface area contributed by atoms with Crippen LogP contribution in [0.25, 0.3) is 11.4 Å². The van der Waals surface area contributed by atoms with Crippen LogP contribution in [0.5, 0.6) is 0 Å². The standard InChI is InChI=1S/C16H20N6O4/c1-19(10-15(23)20-5-7-26-8-6-20)12-21-11-17-16(18-21)13-3-2-4-14(9-13)22(24)25/h2-4,9,11H,5-8,10,12H2,1H3. The van der Waals surface area contributed by atoms with Gasteiger partial charge in [0.05, 0.1) is 31.4 Å². The highest BCUT2D eigenvalue weighted by Gasteiger charge is 2.18. The highest BCUT2D eigenvalue weighted by atomic mass is 16.6. The van der Waals surface area contributed by atoms with Crippen molar-refractivity contribution in [3.63, 3.8) is 0 Å². The smallest absolute Gasteiger partial charge is 0.270 e. The summed E-state index contributed by atoms with van der Waals surface area (Å²) in [5.74, 6) is 0.455. The molecule has 1 saturated heterocycles. The van der Waals surface area contributed by atoms with E-state index in [0.29, 0.717) is 44.4 Å². The summed E-state index contributed by atoms with van der Waals surface area (Å²) < 4.78 is 6.84. The number of nitro groups is 1. The molecule has 0 saturated carbocycles. The Labute approximate surface area is 150 Å². The van der Waals surface area contributed by atoms with Crippen LogP contribution in [-0.2, 0) is 16.2 Å². The highest BCUT2D eigenvalue weighted by Crippen LogP contribution is 2.20. The molecule has 10 heteroatoms. The van der Waals surface area contributed by atoms with Crippen molar-refractivity contribution in [3.05, 3.63) is 40.7 Å². The summed E-state index contributed by atoms with van der Waals surface area (Å²) in [7, 11) is 1.83. The van der Waals surface area contributed by atoms with Crippen molar-refractivity contribution >= 4 is 11.6 Å². The lowest BCUT2D eigenvalue weighted by Crippen LogP contribution is -2.45. The first-order valence-electron chi connectivity index (χ1n) is 8.21. The minimum atomic E-state index is -0.453. The number of morpholine rings is 1. The Morgan fingerprint density at radius 1 is 1.38 bits per heavy atom. The Kier molecular flexibility index (Phi) is 5.54. The Morgan fingerprint density at radius 3 is 2.88 bits per heavy atom.